The zero-order chi connectivity index (χ0) is 59.2. The van der Waals surface area contributed by atoms with Crippen molar-refractivity contribution in [2.75, 3.05) is 13.7 Å². The summed E-state index contributed by atoms with van der Waals surface area (Å²) < 4.78 is 67.4. The lowest BCUT2D eigenvalue weighted by Gasteiger charge is -2.58. The second-order valence-corrected chi connectivity index (χ2v) is 51.3. The first-order valence-corrected chi connectivity index (χ1v) is 44.4. The number of hydrogen-bond acceptors (Lipinski definition) is 10. The van der Waals surface area contributed by atoms with E-state index in [1.54, 1.807) is 0 Å². The highest BCUT2D eigenvalue weighted by Gasteiger charge is 2.61. The molecule has 2 aliphatic heterocycles. The minimum absolute atomic E-state index is 0.0214. The molecule has 0 aromatic carbocycles. The molecule has 0 N–H and O–H groups in total. The van der Waals surface area contributed by atoms with Gasteiger partial charge in [-0.3, -0.25) is 4.79 Å². The summed E-state index contributed by atoms with van der Waals surface area (Å²) in [6.07, 6.45) is 7.35. The Balaban J connectivity index is 3.15. The topological polar surface area (TPSA) is 100 Å². The molecule has 77 heavy (non-hydrogen) atoms. The van der Waals surface area contributed by atoms with Crippen LogP contribution < -0.4 is 0 Å². The van der Waals surface area contributed by atoms with Gasteiger partial charge in [0.05, 0.1) is 54.7 Å². The predicted molar refractivity (Wildman–Crippen MR) is 339 cm³/mol. The van der Waals surface area contributed by atoms with Crippen LogP contribution in [0.25, 0.3) is 0 Å². The summed E-state index contributed by atoms with van der Waals surface area (Å²) in [7, 11) is -9.68. The second-order valence-electron chi connectivity index (χ2n) is 27.7. The molecule has 0 radical (unpaired) electrons. The highest BCUT2D eigenvalue weighted by molar-refractivity contribution is 6.75. The van der Waals surface area contributed by atoms with E-state index >= 15 is 0 Å². The Hall–Kier alpha value is -0.546. The summed E-state index contributed by atoms with van der Waals surface area (Å²) in [4.78, 5) is 12.8. The number of carbonyl (C=O) groups is 1. The van der Waals surface area contributed by atoms with Crippen molar-refractivity contribution >= 4 is 47.6 Å². The molecule has 2 heterocycles. The molecule has 0 aromatic rings. The number of hydrogen-bond donors (Lipinski definition) is 0. The van der Waals surface area contributed by atoms with Gasteiger partial charge >= 0.3 is 5.97 Å². The van der Waals surface area contributed by atoms with E-state index in [9.17, 15) is 4.79 Å². The van der Waals surface area contributed by atoms with Gasteiger partial charge in [-0.15, -0.1) is 0 Å². The Morgan fingerprint density at radius 3 is 1.61 bits per heavy atom. The number of allylic oxidation sites excluding steroid dienone is 2. The third kappa shape index (κ3) is 19.0. The van der Waals surface area contributed by atoms with Gasteiger partial charge in [0.25, 0.3) is 0 Å². The van der Waals surface area contributed by atoms with Gasteiger partial charge in [0.15, 0.2) is 47.4 Å². The SMILES string of the molecule is C=C/C=C/[C@H](CC(=C)C[C@H]1O[C@@H]([C@H](O[Si](CC)(CC)CC)[C@@]2(OC)C[C@H](O[Si](C)(C)C(C)(C)C)[C@H](C)[C@@H](CCCCOC(=O)C(C)(C)C)O2)[C@@H](C)[C@@H](O[Si](CC)(CC)CC)[C@H]1O[Si](CC)(CC)CC)O[Si](C)(C)C(C)(C)C. The van der Waals surface area contributed by atoms with E-state index in [0.29, 0.717) is 25.9 Å². The molecule has 11 atom stereocenters. The predicted octanol–water partition coefficient (Wildman–Crippen LogP) is 17.9. The molecule has 0 spiro atoms. The minimum Gasteiger partial charge on any atom is -0.465 e. The van der Waals surface area contributed by atoms with E-state index in [1.807, 2.05) is 40.0 Å². The molecule has 2 rings (SSSR count). The molecule has 0 saturated carbocycles. The first-order chi connectivity index (χ1) is 35.5. The van der Waals surface area contributed by atoms with Gasteiger partial charge in [0.1, 0.15) is 6.10 Å². The molecule has 0 bridgehead atoms. The molecule has 2 fully saturated rings. The van der Waals surface area contributed by atoms with Crippen LogP contribution in [-0.2, 0) is 45.9 Å². The fourth-order valence-corrected chi connectivity index (χ4v) is 22.5. The fraction of sp³-hybridized carbons (Fsp3) is 0.887. The van der Waals surface area contributed by atoms with Crippen LogP contribution in [0.15, 0.2) is 37.0 Å². The van der Waals surface area contributed by atoms with E-state index in [-0.39, 0.29) is 58.4 Å². The Labute approximate surface area is 481 Å². The summed E-state index contributed by atoms with van der Waals surface area (Å²) in [6, 6.07) is 8.93. The van der Waals surface area contributed by atoms with Gasteiger partial charge in [-0.1, -0.05) is 155 Å². The summed E-state index contributed by atoms with van der Waals surface area (Å²) in [5, 5.41) is 0.0109. The first-order valence-electron chi connectivity index (χ1n) is 30.9. The number of methoxy groups -OCH3 is 1. The van der Waals surface area contributed by atoms with Crippen molar-refractivity contribution < 1.29 is 45.9 Å². The van der Waals surface area contributed by atoms with Crippen LogP contribution in [0.2, 0.25) is 90.7 Å². The average molecular weight is 1170 g/mol. The molecule has 0 aliphatic carbocycles. The van der Waals surface area contributed by atoms with Crippen LogP contribution in [0.1, 0.15) is 177 Å². The Morgan fingerprint density at radius 1 is 0.675 bits per heavy atom. The van der Waals surface area contributed by atoms with Crippen LogP contribution in [0.3, 0.4) is 0 Å². The van der Waals surface area contributed by atoms with Gasteiger partial charge in [-0.05, 0) is 144 Å². The van der Waals surface area contributed by atoms with Crippen molar-refractivity contribution in [2.45, 2.75) is 322 Å². The summed E-state index contributed by atoms with van der Waals surface area (Å²) >= 11 is 0. The normalized spacial score (nSPS) is 26.5. The molecular weight excluding hydrogens is 1050 g/mol. The molecule has 0 unspecified atom stereocenters. The molecular formula is C62H124O10Si5. The maximum atomic E-state index is 12.8. The summed E-state index contributed by atoms with van der Waals surface area (Å²) in [5.41, 5.74) is 0.508. The van der Waals surface area contributed by atoms with Crippen LogP contribution in [0.4, 0.5) is 0 Å². The van der Waals surface area contributed by atoms with Gasteiger partial charge in [0.2, 0.25) is 0 Å². The quantitative estimate of drug-likeness (QED) is 0.0208. The Kier molecular flexibility index (Phi) is 28.6. The zero-order valence-electron chi connectivity index (χ0n) is 54.8. The van der Waals surface area contributed by atoms with Gasteiger partial charge < -0.3 is 41.1 Å². The van der Waals surface area contributed by atoms with Gasteiger partial charge in [0, 0.05) is 25.4 Å². The van der Waals surface area contributed by atoms with E-state index in [2.05, 4.69) is 157 Å². The van der Waals surface area contributed by atoms with Crippen molar-refractivity contribution in [1.29, 1.82) is 0 Å². The number of unbranched alkanes of at least 4 members (excludes halogenated alkanes) is 1. The molecule has 0 aromatic heterocycles. The number of rotatable bonds is 33. The minimum atomic E-state index is -2.45. The molecule has 15 heteroatoms. The monoisotopic (exact) mass is 1170 g/mol. The highest BCUT2D eigenvalue weighted by atomic mass is 28.4. The molecule has 452 valence electrons. The smallest absolute Gasteiger partial charge is 0.311 e. The second kappa shape index (κ2) is 30.3. The molecule has 2 saturated heterocycles. The Morgan fingerprint density at radius 2 is 1.17 bits per heavy atom. The first kappa shape index (κ1) is 72.6. The highest BCUT2D eigenvalue weighted by Crippen LogP contribution is 2.50. The number of ether oxygens (including phenoxy) is 4. The van der Waals surface area contributed by atoms with Crippen LogP contribution in [0.5, 0.6) is 0 Å². The maximum absolute atomic E-state index is 12.8. The Bertz CT molecular complexity index is 1780. The standard InChI is InChI=1S/C62H124O10Si5/c1-28-38-41-50(68-73(24,25)60(17,18)19)44-47(11)45-52-56(71-76(32-5,33-6)34-7)54(70-75(29-2,30-3)31-4)49(13)55(66-52)57(72-77(35-8,36-9)37-10)62(64-23)46-53(69-74(26,27)61(20,21)22)48(12)51(67-62)42-39-40-43-65-58(63)59(14,15)16/h28,38,41,48-57H,1,11,29-37,39-40,42-46H2,2-10,12-27H3/b41-38+/t48-,49+,50-,51-,52-,53+,54-,55-,56+,57+,62-/m1/s1. The fourth-order valence-electron chi connectivity index (χ4n) is 11.1. The average Bonchev–Trinajstić information content (AvgIpc) is 3.36. The van der Waals surface area contributed by atoms with Crippen molar-refractivity contribution in [3.8, 4) is 0 Å². The zero-order valence-corrected chi connectivity index (χ0v) is 59.8. The van der Waals surface area contributed by atoms with E-state index in [1.165, 1.54) is 0 Å². The lowest BCUT2D eigenvalue weighted by atomic mass is 9.78. The summed E-state index contributed by atoms with van der Waals surface area (Å²) in [5.74, 6) is -1.51. The third-order valence-electron chi connectivity index (χ3n) is 19.8. The van der Waals surface area contributed by atoms with Gasteiger partial charge in [-0.2, -0.15) is 0 Å². The van der Waals surface area contributed by atoms with E-state index in [0.717, 1.165) is 79.2 Å². The maximum Gasteiger partial charge on any atom is 0.311 e. The van der Waals surface area contributed by atoms with Crippen LogP contribution in [-0.4, -0.2) is 116 Å². The number of carbonyl (C=O) groups excluding carboxylic acids is 1. The van der Waals surface area contributed by atoms with Crippen molar-refractivity contribution in [3.05, 3.63) is 37.0 Å². The third-order valence-corrected chi connectivity index (χ3v) is 42.7. The molecule has 10 nitrogen and oxygen atoms in total. The molecule has 2 aliphatic rings. The summed E-state index contributed by atoms with van der Waals surface area (Å²) in [6.45, 7) is 63.8. The van der Waals surface area contributed by atoms with Gasteiger partial charge in [-0.25, -0.2) is 0 Å². The lowest BCUT2D eigenvalue weighted by molar-refractivity contribution is -0.353. The lowest BCUT2D eigenvalue weighted by Crippen LogP contribution is -2.70. The van der Waals surface area contributed by atoms with E-state index in [4.69, 9.17) is 47.7 Å². The van der Waals surface area contributed by atoms with Crippen molar-refractivity contribution in [3.63, 3.8) is 0 Å². The molecule has 0 amide bonds. The van der Waals surface area contributed by atoms with Crippen LogP contribution in [0, 0.1) is 17.3 Å². The number of esters is 1. The largest absolute Gasteiger partial charge is 0.465 e. The van der Waals surface area contributed by atoms with Crippen molar-refractivity contribution in [1.82, 2.24) is 0 Å². The van der Waals surface area contributed by atoms with Crippen molar-refractivity contribution in [2.24, 2.45) is 17.3 Å². The van der Waals surface area contributed by atoms with E-state index < -0.39 is 71.1 Å². The van der Waals surface area contributed by atoms with Crippen LogP contribution >= 0.6 is 0 Å².